The highest BCUT2D eigenvalue weighted by Gasteiger charge is 2.28. The van der Waals surface area contributed by atoms with E-state index in [0.29, 0.717) is 17.5 Å². The van der Waals surface area contributed by atoms with Crippen LogP contribution in [0.5, 0.6) is 0 Å². The Balaban J connectivity index is 1.60. The Morgan fingerprint density at radius 2 is 1.75 bits per heavy atom. The summed E-state index contributed by atoms with van der Waals surface area (Å²) in [5, 5.41) is 2.94. The minimum absolute atomic E-state index is 0.192. The number of ether oxygens (including phenoxy) is 1. The molecule has 1 N–H and O–H groups in total. The normalized spacial score (nSPS) is 15.5. The predicted octanol–water partition coefficient (Wildman–Crippen LogP) is 5.01. The van der Waals surface area contributed by atoms with Crippen LogP contribution in [0.1, 0.15) is 49.1 Å². The van der Waals surface area contributed by atoms with Gasteiger partial charge < -0.3 is 10.1 Å². The fourth-order valence-corrected chi connectivity index (χ4v) is 3.41. The molecule has 0 spiro atoms. The molecule has 1 aliphatic rings. The van der Waals surface area contributed by atoms with Gasteiger partial charge in [0.05, 0.1) is 5.56 Å². The summed E-state index contributed by atoms with van der Waals surface area (Å²) < 4.78 is 5.61. The molecule has 140 valence electrons. The monoisotopic (exact) mass is 371 g/mol. The van der Waals surface area contributed by atoms with E-state index >= 15 is 0 Å². The molecule has 0 bridgehead atoms. The van der Waals surface area contributed by atoms with Crippen molar-refractivity contribution in [2.24, 2.45) is 0 Å². The molecule has 4 rings (SSSR count). The van der Waals surface area contributed by atoms with Crippen molar-refractivity contribution in [3.63, 3.8) is 0 Å². The summed E-state index contributed by atoms with van der Waals surface area (Å²) in [6.45, 7) is 3.97. The zero-order valence-electron chi connectivity index (χ0n) is 15.9. The number of nitrogens with one attached hydrogen (secondary N) is 1. The van der Waals surface area contributed by atoms with Crippen LogP contribution in [0.4, 0.5) is 5.69 Å². The topological polar surface area (TPSA) is 55.4 Å². The zero-order chi connectivity index (χ0) is 19.7. The second-order valence-corrected chi connectivity index (χ2v) is 7.15. The summed E-state index contributed by atoms with van der Waals surface area (Å²) in [6.07, 6.45) is 0.214. The van der Waals surface area contributed by atoms with E-state index in [-0.39, 0.29) is 18.0 Å². The van der Waals surface area contributed by atoms with E-state index in [4.69, 9.17) is 4.74 Å². The predicted molar refractivity (Wildman–Crippen MR) is 109 cm³/mol. The molecule has 0 aromatic heterocycles. The number of hydrogen-bond donors (Lipinski definition) is 1. The van der Waals surface area contributed by atoms with Crippen molar-refractivity contribution in [2.45, 2.75) is 26.4 Å². The Labute approximate surface area is 164 Å². The van der Waals surface area contributed by atoms with Crippen LogP contribution in [-0.4, -0.2) is 11.9 Å². The number of carbonyl (C=O) groups excluding carboxylic acids is 2. The van der Waals surface area contributed by atoms with Gasteiger partial charge in [0.15, 0.2) is 0 Å². The first-order valence-electron chi connectivity index (χ1n) is 9.29. The first-order chi connectivity index (χ1) is 13.5. The Hall–Kier alpha value is -3.40. The highest BCUT2D eigenvalue weighted by Crippen LogP contribution is 2.31. The van der Waals surface area contributed by atoms with E-state index in [1.54, 1.807) is 18.2 Å². The van der Waals surface area contributed by atoms with Crippen LogP contribution in [0.25, 0.3) is 0 Å². The van der Waals surface area contributed by atoms with Crippen LogP contribution in [0.3, 0.4) is 0 Å². The Morgan fingerprint density at radius 1 is 1.00 bits per heavy atom. The van der Waals surface area contributed by atoms with Gasteiger partial charge in [0.2, 0.25) is 0 Å². The summed E-state index contributed by atoms with van der Waals surface area (Å²) in [7, 11) is 0. The second-order valence-electron chi connectivity index (χ2n) is 7.15. The van der Waals surface area contributed by atoms with Gasteiger partial charge >= 0.3 is 5.97 Å². The molecule has 1 atom stereocenters. The Bertz CT molecular complexity index is 1050. The summed E-state index contributed by atoms with van der Waals surface area (Å²) in [5.41, 5.74) is 5.77. The van der Waals surface area contributed by atoms with Crippen molar-refractivity contribution in [3.8, 4) is 0 Å². The maximum atomic E-state index is 12.7. The summed E-state index contributed by atoms with van der Waals surface area (Å²) in [5.74, 6) is -0.541. The molecule has 0 aliphatic carbocycles. The molecular formula is C24H21NO3. The Morgan fingerprint density at radius 3 is 2.50 bits per heavy atom. The molecule has 4 nitrogen and oxygen atoms in total. The molecule has 1 aliphatic heterocycles. The third-order valence-corrected chi connectivity index (χ3v) is 5.08. The summed E-state index contributed by atoms with van der Waals surface area (Å²) in [4.78, 5) is 25.1. The molecule has 0 radical (unpaired) electrons. The number of cyclic esters (lactones) is 1. The lowest BCUT2D eigenvalue weighted by Gasteiger charge is -2.25. The molecule has 3 aromatic rings. The molecular weight excluding hydrogens is 350 g/mol. The molecule has 0 saturated carbocycles. The lowest BCUT2D eigenvalue weighted by Crippen LogP contribution is -2.23. The zero-order valence-corrected chi connectivity index (χ0v) is 15.9. The van der Waals surface area contributed by atoms with Crippen LogP contribution in [0.15, 0.2) is 66.7 Å². The van der Waals surface area contributed by atoms with E-state index in [1.165, 1.54) is 0 Å². The first-order valence-corrected chi connectivity index (χ1v) is 9.29. The molecule has 0 fully saturated rings. The van der Waals surface area contributed by atoms with Gasteiger partial charge in [-0.3, -0.25) is 4.79 Å². The average Bonchev–Trinajstić information content (AvgIpc) is 2.69. The molecule has 1 amide bonds. The quantitative estimate of drug-likeness (QED) is 0.659. The van der Waals surface area contributed by atoms with Crippen molar-refractivity contribution >= 4 is 17.6 Å². The third-order valence-electron chi connectivity index (χ3n) is 5.08. The smallest absolute Gasteiger partial charge is 0.339 e. The maximum Gasteiger partial charge on any atom is 0.339 e. The highest BCUT2D eigenvalue weighted by atomic mass is 16.5. The van der Waals surface area contributed by atoms with Crippen LogP contribution < -0.4 is 5.32 Å². The van der Waals surface area contributed by atoms with Crippen molar-refractivity contribution < 1.29 is 14.3 Å². The number of aryl methyl sites for hydroxylation is 2. The van der Waals surface area contributed by atoms with Crippen LogP contribution in [0.2, 0.25) is 0 Å². The number of fused-ring (bicyclic) bond motifs is 1. The van der Waals surface area contributed by atoms with Gasteiger partial charge in [0.1, 0.15) is 6.10 Å². The minimum atomic E-state index is -0.349. The number of esters is 1. The number of anilines is 1. The molecule has 0 saturated heterocycles. The number of amides is 1. The van der Waals surface area contributed by atoms with E-state index in [1.807, 2.05) is 62.4 Å². The highest BCUT2D eigenvalue weighted by molar-refractivity contribution is 6.05. The third kappa shape index (κ3) is 3.54. The van der Waals surface area contributed by atoms with Gasteiger partial charge in [0.25, 0.3) is 5.91 Å². The standard InChI is InChI=1S/C24H21NO3/c1-15-7-9-17(10-8-15)22-14-19-13-18(11-12-20(19)24(27)28-22)23(26)25-21-6-4-3-5-16(21)2/h3-13,22H,14H2,1-2H3,(H,25,26)/t22-/m1/s1. The number of benzene rings is 3. The van der Waals surface area contributed by atoms with Crippen LogP contribution in [-0.2, 0) is 11.2 Å². The Kier molecular flexibility index (Phi) is 4.70. The van der Waals surface area contributed by atoms with Gasteiger partial charge in [-0.25, -0.2) is 4.79 Å². The SMILES string of the molecule is Cc1ccc([C@H]2Cc3cc(C(=O)Nc4ccccc4C)ccc3C(=O)O2)cc1. The van der Waals surface area contributed by atoms with Crippen molar-refractivity contribution in [1.29, 1.82) is 0 Å². The van der Waals surface area contributed by atoms with E-state index in [9.17, 15) is 9.59 Å². The maximum absolute atomic E-state index is 12.7. The largest absolute Gasteiger partial charge is 0.454 e. The van der Waals surface area contributed by atoms with Gasteiger partial charge in [-0.1, -0.05) is 48.0 Å². The van der Waals surface area contributed by atoms with Crippen molar-refractivity contribution in [1.82, 2.24) is 0 Å². The number of rotatable bonds is 3. The fraction of sp³-hybridized carbons (Fsp3) is 0.167. The van der Waals surface area contributed by atoms with Crippen LogP contribution in [0, 0.1) is 13.8 Å². The van der Waals surface area contributed by atoms with Gasteiger partial charge in [-0.15, -0.1) is 0 Å². The lowest BCUT2D eigenvalue weighted by atomic mass is 9.92. The molecule has 3 aromatic carbocycles. The van der Waals surface area contributed by atoms with Gasteiger partial charge in [0, 0.05) is 17.7 Å². The van der Waals surface area contributed by atoms with E-state index in [0.717, 1.165) is 27.9 Å². The number of para-hydroxylation sites is 1. The van der Waals surface area contributed by atoms with E-state index < -0.39 is 0 Å². The summed E-state index contributed by atoms with van der Waals surface area (Å²) >= 11 is 0. The van der Waals surface area contributed by atoms with E-state index in [2.05, 4.69) is 5.32 Å². The fourth-order valence-electron chi connectivity index (χ4n) is 3.41. The molecule has 0 unspecified atom stereocenters. The number of hydrogen-bond acceptors (Lipinski definition) is 3. The first kappa shape index (κ1) is 18.0. The molecule has 28 heavy (non-hydrogen) atoms. The second kappa shape index (κ2) is 7.31. The van der Waals surface area contributed by atoms with Gasteiger partial charge in [-0.05, 0) is 54.8 Å². The van der Waals surface area contributed by atoms with Crippen molar-refractivity contribution in [2.75, 3.05) is 5.32 Å². The average molecular weight is 371 g/mol. The minimum Gasteiger partial charge on any atom is -0.454 e. The van der Waals surface area contributed by atoms with Crippen LogP contribution >= 0.6 is 0 Å². The summed E-state index contributed by atoms with van der Waals surface area (Å²) in [6, 6.07) is 20.7. The lowest BCUT2D eigenvalue weighted by molar-refractivity contribution is 0.0252. The molecule has 1 heterocycles. The molecule has 4 heteroatoms. The van der Waals surface area contributed by atoms with Gasteiger partial charge in [-0.2, -0.15) is 0 Å². The number of carbonyl (C=O) groups is 2. The van der Waals surface area contributed by atoms with Crippen molar-refractivity contribution in [3.05, 3.63) is 100 Å².